The topological polar surface area (TPSA) is 69.2 Å². The highest BCUT2D eigenvalue weighted by Crippen LogP contribution is 2.36. The average Bonchev–Trinajstić information content (AvgIpc) is 3.22. The molecule has 5 aromatic rings. The van der Waals surface area contributed by atoms with E-state index in [1.54, 1.807) is 24.8 Å². The largest absolute Gasteiger partial charge is 0.493 e. The maximum absolute atomic E-state index is 6.12. The van der Waals surface area contributed by atoms with Gasteiger partial charge < -0.3 is 14.8 Å². The molecule has 31 heavy (non-hydrogen) atoms. The van der Waals surface area contributed by atoms with Gasteiger partial charge in [0.05, 0.1) is 22.8 Å². The molecule has 5 rings (SSSR count). The highest BCUT2D eigenvalue weighted by atomic mass is 32.1. The molecule has 0 aliphatic rings. The van der Waals surface area contributed by atoms with Gasteiger partial charge in [0, 0.05) is 17.1 Å². The number of thiazole rings is 1. The molecule has 6 nitrogen and oxygen atoms in total. The summed E-state index contributed by atoms with van der Waals surface area (Å²) in [5.41, 5.74) is 3.88. The third kappa shape index (κ3) is 3.87. The van der Waals surface area contributed by atoms with Crippen LogP contribution in [-0.2, 0) is 6.61 Å². The van der Waals surface area contributed by atoms with Gasteiger partial charge in [-0.05, 0) is 36.8 Å². The van der Waals surface area contributed by atoms with E-state index < -0.39 is 0 Å². The molecule has 0 radical (unpaired) electrons. The van der Waals surface area contributed by atoms with E-state index in [0.717, 1.165) is 37.4 Å². The number of aryl methyl sites for hydroxylation is 1. The van der Waals surface area contributed by atoms with Gasteiger partial charge in [0.25, 0.3) is 0 Å². The van der Waals surface area contributed by atoms with Crippen molar-refractivity contribution in [1.82, 2.24) is 15.0 Å². The quantitative estimate of drug-likeness (QED) is 0.364. The number of benzene rings is 3. The van der Waals surface area contributed by atoms with E-state index in [0.29, 0.717) is 23.9 Å². The second kappa shape index (κ2) is 8.20. The Labute approximate surface area is 183 Å². The molecule has 0 aliphatic carbocycles. The maximum Gasteiger partial charge on any atom is 0.162 e. The molecule has 0 bridgehead atoms. The number of methoxy groups -OCH3 is 1. The Morgan fingerprint density at radius 3 is 2.61 bits per heavy atom. The molecule has 1 N–H and O–H groups in total. The number of nitrogens with zero attached hydrogens (tertiary/aromatic N) is 3. The van der Waals surface area contributed by atoms with Crippen molar-refractivity contribution in [2.75, 3.05) is 12.4 Å². The number of hydrogen-bond acceptors (Lipinski definition) is 7. The van der Waals surface area contributed by atoms with E-state index in [1.165, 1.54) is 0 Å². The first kappa shape index (κ1) is 19.3. The van der Waals surface area contributed by atoms with E-state index >= 15 is 0 Å². The summed E-state index contributed by atoms with van der Waals surface area (Å²) in [6, 6.07) is 19.9. The highest BCUT2D eigenvalue weighted by molar-refractivity contribution is 7.18. The third-order valence-corrected chi connectivity index (χ3v) is 6.02. The zero-order valence-corrected chi connectivity index (χ0v) is 17.9. The van der Waals surface area contributed by atoms with Crippen molar-refractivity contribution in [2.24, 2.45) is 0 Å². The number of hydrogen-bond donors (Lipinski definition) is 1. The molecule has 0 atom stereocenters. The summed E-state index contributed by atoms with van der Waals surface area (Å²) >= 11 is 1.63. The summed E-state index contributed by atoms with van der Waals surface area (Å²) in [4.78, 5) is 13.5. The van der Waals surface area contributed by atoms with Crippen molar-refractivity contribution >= 4 is 44.0 Å². The molecular weight excluding hydrogens is 408 g/mol. The molecule has 7 heteroatoms. The lowest BCUT2D eigenvalue weighted by atomic mass is 10.1. The second-order valence-corrected chi connectivity index (χ2v) is 8.16. The van der Waals surface area contributed by atoms with Crippen LogP contribution in [-0.4, -0.2) is 22.1 Å². The minimum atomic E-state index is 0.357. The number of nitrogens with one attached hydrogen (secondary N) is 1. The maximum atomic E-state index is 6.12. The molecule has 0 spiro atoms. The lowest BCUT2D eigenvalue weighted by Crippen LogP contribution is -2.00. The van der Waals surface area contributed by atoms with Crippen molar-refractivity contribution in [2.45, 2.75) is 13.5 Å². The molecule has 0 amide bonds. The summed E-state index contributed by atoms with van der Waals surface area (Å²) in [5, 5.41) is 5.17. The van der Waals surface area contributed by atoms with Crippen LogP contribution >= 0.6 is 11.3 Å². The van der Waals surface area contributed by atoms with E-state index in [1.807, 2.05) is 48.5 Å². The first-order valence-corrected chi connectivity index (χ1v) is 10.7. The third-order valence-electron chi connectivity index (χ3n) is 5.01. The Morgan fingerprint density at radius 2 is 1.77 bits per heavy atom. The lowest BCUT2D eigenvalue weighted by molar-refractivity contribution is 0.285. The van der Waals surface area contributed by atoms with Gasteiger partial charge in [-0.1, -0.05) is 30.3 Å². The van der Waals surface area contributed by atoms with Crippen molar-refractivity contribution in [1.29, 1.82) is 0 Å². The molecule has 0 aliphatic heterocycles. The number of ether oxygens (including phenoxy) is 2. The Balaban J connectivity index is 1.48. The summed E-state index contributed by atoms with van der Waals surface area (Å²) in [6.07, 6.45) is 1.55. The van der Waals surface area contributed by atoms with Crippen molar-refractivity contribution < 1.29 is 9.47 Å². The first-order valence-electron chi connectivity index (χ1n) is 9.84. The normalized spacial score (nSPS) is 11.0. The van der Waals surface area contributed by atoms with Crippen LogP contribution in [0.25, 0.3) is 21.1 Å². The van der Waals surface area contributed by atoms with Crippen molar-refractivity contribution in [3.63, 3.8) is 0 Å². The molecule has 0 saturated carbocycles. The van der Waals surface area contributed by atoms with Gasteiger partial charge in [0.1, 0.15) is 23.8 Å². The van der Waals surface area contributed by atoms with E-state index in [4.69, 9.17) is 9.47 Å². The van der Waals surface area contributed by atoms with Crippen molar-refractivity contribution in [3.8, 4) is 11.5 Å². The molecule has 3 aromatic carbocycles. The predicted octanol–water partition coefficient (Wildman–Crippen LogP) is 5.88. The first-order chi connectivity index (χ1) is 15.2. The van der Waals surface area contributed by atoms with E-state index in [2.05, 4.69) is 39.3 Å². The van der Waals surface area contributed by atoms with Crippen LogP contribution in [0.15, 0.2) is 67.0 Å². The van der Waals surface area contributed by atoms with Crippen molar-refractivity contribution in [3.05, 3.63) is 77.6 Å². The van der Waals surface area contributed by atoms with Gasteiger partial charge in [-0.25, -0.2) is 15.0 Å². The number of anilines is 2. The van der Waals surface area contributed by atoms with Gasteiger partial charge >= 0.3 is 0 Å². The molecule has 2 aromatic heterocycles. The van der Waals surface area contributed by atoms with Crippen LogP contribution in [0.1, 0.15) is 10.6 Å². The minimum Gasteiger partial charge on any atom is -0.493 e. The van der Waals surface area contributed by atoms with Crippen LogP contribution in [0.4, 0.5) is 11.5 Å². The van der Waals surface area contributed by atoms with E-state index in [-0.39, 0.29) is 0 Å². The smallest absolute Gasteiger partial charge is 0.162 e. The molecular formula is C24H20N4O2S. The summed E-state index contributed by atoms with van der Waals surface area (Å²) in [5.74, 6) is 1.96. The van der Waals surface area contributed by atoms with E-state index in [9.17, 15) is 0 Å². The average molecular weight is 429 g/mol. The minimum absolute atomic E-state index is 0.357. The zero-order valence-electron chi connectivity index (χ0n) is 17.1. The molecule has 0 fully saturated rings. The van der Waals surface area contributed by atoms with Gasteiger partial charge in [0.15, 0.2) is 11.5 Å². The fourth-order valence-electron chi connectivity index (χ4n) is 3.40. The fourth-order valence-corrected chi connectivity index (χ4v) is 4.28. The fraction of sp³-hybridized carbons (Fsp3) is 0.125. The van der Waals surface area contributed by atoms with Gasteiger partial charge in [0.2, 0.25) is 0 Å². The summed E-state index contributed by atoms with van der Waals surface area (Å²) in [6.45, 7) is 2.41. The summed E-state index contributed by atoms with van der Waals surface area (Å²) in [7, 11) is 1.62. The number of fused-ring (bicyclic) bond motifs is 2. The SMILES string of the molecule is COc1cc2ncnc(Nc3ccccc3C)c2cc1OCc1nc2ccccc2s1. The number of para-hydroxylation sites is 2. The molecule has 0 saturated heterocycles. The van der Waals surface area contributed by atoms with Crippen LogP contribution in [0.3, 0.4) is 0 Å². The number of aromatic nitrogens is 3. The van der Waals surface area contributed by atoms with Gasteiger partial charge in [-0.2, -0.15) is 0 Å². The Bertz CT molecular complexity index is 1350. The Hall–Kier alpha value is -3.71. The Morgan fingerprint density at radius 1 is 0.935 bits per heavy atom. The summed E-state index contributed by atoms with van der Waals surface area (Å²) < 4.78 is 12.8. The standard InChI is InChI=1S/C24H20N4O2S/c1-15-7-3-4-8-17(15)28-24-16-11-21(20(29-2)12-19(16)25-14-26-24)30-13-23-27-18-9-5-6-10-22(18)31-23/h3-12,14H,13H2,1-2H3,(H,25,26,28). The lowest BCUT2D eigenvalue weighted by Gasteiger charge is -2.14. The highest BCUT2D eigenvalue weighted by Gasteiger charge is 2.13. The number of rotatable bonds is 6. The molecule has 2 heterocycles. The van der Waals surface area contributed by atoms with Crippen LogP contribution in [0, 0.1) is 6.92 Å². The van der Waals surface area contributed by atoms with Crippen LogP contribution < -0.4 is 14.8 Å². The second-order valence-electron chi connectivity index (χ2n) is 7.05. The van der Waals surface area contributed by atoms with Gasteiger partial charge in [-0.3, -0.25) is 0 Å². The molecule has 154 valence electrons. The van der Waals surface area contributed by atoms with Crippen LogP contribution in [0.5, 0.6) is 11.5 Å². The zero-order chi connectivity index (χ0) is 21.2. The van der Waals surface area contributed by atoms with Crippen LogP contribution in [0.2, 0.25) is 0 Å². The van der Waals surface area contributed by atoms with Gasteiger partial charge in [-0.15, -0.1) is 11.3 Å². The predicted molar refractivity (Wildman–Crippen MR) is 125 cm³/mol. The molecule has 0 unspecified atom stereocenters. The monoisotopic (exact) mass is 428 g/mol. The Kier molecular flexibility index (Phi) is 5.09.